The van der Waals surface area contributed by atoms with Gasteiger partial charge in [-0.15, -0.1) is 0 Å². The van der Waals surface area contributed by atoms with Crippen LogP contribution in [0.3, 0.4) is 0 Å². The number of ether oxygens (including phenoxy) is 2. The first-order valence-electron chi connectivity index (χ1n) is 9.90. The maximum Gasteiger partial charge on any atom is 0.241 e. The molecule has 6 heteroatoms. The molecule has 154 valence electrons. The maximum atomic E-state index is 5.50. The number of benzene rings is 2. The van der Waals surface area contributed by atoms with Crippen molar-refractivity contribution >= 4 is 0 Å². The molecule has 3 rings (SSSR count). The Bertz CT molecular complexity index is 919. The third kappa shape index (κ3) is 5.15. The first-order chi connectivity index (χ1) is 14.0. The van der Waals surface area contributed by atoms with Crippen molar-refractivity contribution in [3.63, 3.8) is 0 Å². The van der Waals surface area contributed by atoms with Gasteiger partial charge in [-0.05, 0) is 35.7 Å². The van der Waals surface area contributed by atoms with Crippen molar-refractivity contribution in [3.8, 4) is 22.9 Å². The Hall–Kier alpha value is -2.86. The molecule has 0 spiro atoms. The van der Waals surface area contributed by atoms with Crippen molar-refractivity contribution in [2.45, 2.75) is 39.8 Å². The molecule has 0 saturated carbocycles. The van der Waals surface area contributed by atoms with E-state index in [1.807, 2.05) is 30.3 Å². The van der Waals surface area contributed by atoms with Crippen LogP contribution in [0.4, 0.5) is 0 Å². The maximum absolute atomic E-state index is 5.50. The van der Waals surface area contributed by atoms with Gasteiger partial charge in [0.05, 0.1) is 20.8 Å². The van der Waals surface area contributed by atoms with Crippen LogP contribution >= 0.6 is 0 Å². The van der Waals surface area contributed by atoms with Gasteiger partial charge in [0.1, 0.15) is 0 Å². The fourth-order valence-electron chi connectivity index (χ4n) is 3.16. The van der Waals surface area contributed by atoms with Gasteiger partial charge in [0, 0.05) is 12.1 Å². The summed E-state index contributed by atoms with van der Waals surface area (Å²) >= 11 is 0. The van der Waals surface area contributed by atoms with Crippen LogP contribution in [0.1, 0.15) is 43.7 Å². The number of methoxy groups -OCH3 is 2. The predicted molar refractivity (Wildman–Crippen MR) is 113 cm³/mol. The number of aromatic nitrogens is 2. The quantitative estimate of drug-likeness (QED) is 0.514. The summed E-state index contributed by atoms with van der Waals surface area (Å²) < 4.78 is 16.2. The highest BCUT2D eigenvalue weighted by atomic mass is 16.5. The predicted octanol–water partition coefficient (Wildman–Crippen LogP) is 4.90. The molecule has 0 fully saturated rings. The molecule has 0 aliphatic carbocycles. The fourth-order valence-corrected chi connectivity index (χ4v) is 3.16. The molecule has 2 aromatic carbocycles. The molecule has 0 bridgehead atoms. The zero-order chi connectivity index (χ0) is 20.8. The van der Waals surface area contributed by atoms with Gasteiger partial charge in [-0.25, -0.2) is 0 Å². The van der Waals surface area contributed by atoms with Gasteiger partial charge in [-0.3, -0.25) is 4.90 Å². The molecule has 0 amide bonds. The molecular weight excluding hydrogens is 366 g/mol. The minimum absolute atomic E-state index is 0.500. The van der Waals surface area contributed by atoms with Gasteiger partial charge >= 0.3 is 0 Å². The molecule has 0 aliphatic rings. The third-order valence-corrected chi connectivity index (χ3v) is 4.96. The number of hydrogen-bond acceptors (Lipinski definition) is 6. The second-order valence-electron chi connectivity index (χ2n) is 7.28. The smallest absolute Gasteiger partial charge is 0.241 e. The van der Waals surface area contributed by atoms with E-state index < -0.39 is 0 Å². The summed E-state index contributed by atoms with van der Waals surface area (Å²) in [5.41, 5.74) is 3.39. The van der Waals surface area contributed by atoms with Crippen LogP contribution in [-0.2, 0) is 13.1 Å². The molecule has 0 aliphatic heterocycles. The van der Waals surface area contributed by atoms with E-state index in [0.717, 1.165) is 35.7 Å². The molecule has 0 radical (unpaired) electrons. The lowest BCUT2D eigenvalue weighted by atomic mass is 10.0. The lowest BCUT2D eigenvalue weighted by Gasteiger charge is -2.19. The van der Waals surface area contributed by atoms with Crippen LogP contribution in [0.25, 0.3) is 11.4 Å². The van der Waals surface area contributed by atoms with E-state index >= 15 is 0 Å². The average Bonchev–Trinajstić information content (AvgIpc) is 3.21. The molecule has 29 heavy (non-hydrogen) atoms. The number of hydrogen-bond donors (Lipinski definition) is 0. The summed E-state index contributed by atoms with van der Waals surface area (Å²) in [7, 11) is 3.28. The van der Waals surface area contributed by atoms with Gasteiger partial charge in [-0.2, -0.15) is 4.98 Å². The first-order valence-corrected chi connectivity index (χ1v) is 9.90. The van der Waals surface area contributed by atoms with Gasteiger partial charge in [-0.1, -0.05) is 56.3 Å². The summed E-state index contributed by atoms with van der Waals surface area (Å²) in [5.74, 6) is 3.18. The lowest BCUT2D eigenvalue weighted by Crippen LogP contribution is -2.22. The van der Waals surface area contributed by atoms with Crippen LogP contribution in [0.15, 0.2) is 47.0 Å². The van der Waals surface area contributed by atoms with Crippen molar-refractivity contribution in [3.05, 3.63) is 59.5 Å². The minimum atomic E-state index is 0.500. The number of rotatable bonds is 9. The van der Waals surface area contributed by atoms with Gasteiger partial charge in [0.15, 0.2) is 11.5 Å². The molecule has 0 N–H and O–H groups in total. The summed E-state index contributed by atoms with van der Waals surface area (Å²) in [6.45, 7) is 8.66. The van der Waals surface area contributed by atoms with Crippen LogP contribution in [0.2, 0.25) is 0 Å². The summed E-state index contributed by atoms with van der Waals surface area (Å²) in [6, 6.07) is 14.3. The third-order valence-electron chi connectivity index (χ3n) is 4.96. The number of nitrogens with zero attached hydrogens (tertiary/aromatic N) is 3. The van der Waals surface area contributed by atoms with Crippen LogP contribution in [0.5, 0.6) is 11.5 Å². The molecule has 0 unspecified atom stereocenters. The minimum Gasteiger partial charge on any atom is -0.493 e. The van der Waals surface area contributed by atoms with E-state index in [0.29, 0.717) is 24.2 Å². The Kier molecular flexibility index (Phi) is 6.88. The van der Waals surface area contributed by atoms with Gasteiger partial charge in [0.25, 0.3) is 0 Å². The second kappa shape index (κ2) is 9.56. The zero-order valence-electron chi connectivity index (χ0n) is 17.8. The highest BCUT2D eigenvalue weighted by molar-refractivity contribution is 5.54. The van der Waals surface area contributed by atoms with E-state index in [1.165, 1.54) is 5.56 Å². The van der Waals surface area contributed by atoms with Gasteiger partial charge < -0.3 is 14.0 Å². The van der Waals surface area contributed by atoms with E-state index in [4.69, 9.17) is 14.0 Å². The Morgan fingerprint density at radius 3 is 2.31 bits per heavy atom. The monoisotopic (exact) mass is 395 g/mol. The highest BCUT2D eigenvalue weighted by Crippen LogP contribution is 2.28. The normalized spacial score (nSPS) is 11.3. The van der Waals surface area contributed by atoms with Crippen molar-refractivity contribution in [2.24, 2.45) is 0 Å². The average molecular weight is 396 g/mol. The van der Waals surface area contributed by atoms with Crippen LogP contribution < -0.4 is 9.47 Å². The van der Waals surface area contributed by atoms with Crippen molar-refractivity contribution in [1.82, 2.24) is 15.0 Å². The van der Waals surface area contributed by atoms with Gasteiger partial charge in [0.2, 0.25) is 11.7 Å². The summed E-state index contributed by atoms with van der Waals surface area (Å²) in [4.78, 5) is 6.82. The van der Waals surface area contributed by atoms with Crippen molar-refractivity contribution in [2.75, 3.05) is 20.8 Å². The Labute approximate surface area is 172 Å². The van der Waals surface area contributed by atoms with E-state index in [1.54, 1.807) is 14.2 Å². The van der Waals surface area contributed by atoms with Crippen LogP contribution in [-0.4, -0.2) is 35.8 Å². The van der Waals surface area contributed by atoms with E-state index in [-0.39, 0.29) is 0 Å². The molecule has 0 saturated heterocycles. The fraction of sp³-hybridized carbons (Fsp3) is 0.391. The zero-order valence-corrected chi connectivity index (χ0v) is 17.8. The van der Waals surface area contributed by atoms with Crippen LogP contribution in [0, 0.1) is 0 Å². The SMILES string of the molecule is CCN(Cc1ccc(OC)c(OC)c1)Cc1nc(-c2ccc(C(C)C)cc2)no1. The lowest BCUT2D eigenvalue weighted by molar-refractivity contribution is 0.228. The first kappa shape index (κ1) is 20.9. The molecule has 3 aromatic rings. The van der Waals surface area contributed by atoms with Crippen molar-refractivity contribution < 1.29 is 14.0 Å². The topological polar surface area (TPSA) is 60.6 Å². The molecule has 1 heterocycles. The standard InChI is InChI=1S/C23H29N3O3/c1-6-26(14-17-7-12-20(27-4)21(13-17)28-5)15-22-24-23(25-29-22)19-10-8-18(9-11-19)16(2)3/h7-13,16H,6,14-15H2,1-5H3. The molecule has 1 aromatic heterocycles. The second-order valence-corrected chi connectivity index (χ2v) is 7.28. The van der Waals surface area contributed by atoms with E-state index in [2.05, 4.69) is 47.9 Å². The summed E-state index contributed by atoms with van der Waals surface area (Å²) in [6.07, 6.45) is 0. The van der Waals surface area contributed by atoms with Crippen molar-refractivity contribution in [1.29, 1.82) is 0 Å². The molecule has 6 nitrogen and oxygen atoms in total. The Balaban J connectivity index is 1.68. The molecular formula is C23H29N3O3. The van der Waals surface area contributed by atoms with E-state index in [9.17, 15) is 0 Å². The Morgan fingerprint density at radius 2 is 1.69 bits per heavy atom. The molecule has 0 atom stereocenters. The largest absolute Gasteiger partial charge is 0.493 e. The Morgan fingerprint density at radius 1 is 0.966 bits per heavy atom. The summed E-state index contributed by atoms with van der Waals surface area (Å²) in [5, 5.41) is 4.16. The highest BCUT2D eigenvalue weighted by Gasteiger charge is 2.14.